The Balaban J connectivity index is 1.61. The summed E-state index contributed by atoms with van der Waals surface area (Å²) in [6.07, 6.45) is 1.23. The standard InChI is InChI=1S/C31H33N3O8S/c1-41-24-13-10-18(17-25(24)42-2)27(33-20-7-5-6-19(16-20)29(32)35)30(36)34-15-14-23(31(37)38)28(34)22-8-3-4-9-26(22)43(39,40)21-11-12-21/h3-10,13,16-17,21,23,27-28,33H,11-12,14-15H2,1-2H3,(H2,32,35)(H,37,38)/t23?,27-,28?/m0/s1. The molecule has 43 heavy (non-hydrogen) atoms. The number of nitrogens with two attached hydrogens (primary N) is 1. The zero-order chi connectivity index (χ0) is 30.9. The molecule has 226 valence electrons. The van der Waals surface area contributed by atoms with Crippen LogP contribution >= 0.6 is 0 Å². The summed E-state index contributed by atoms with van der Waals surface area (Å²) in [4.78, 5) is 40.4. The number of nitrogens with one attached hydrogen (secondary N) is 1. The lowest BCUT2D eigenvalue weighted by Gasteiger charge is -2.32. The normalized spacial score (nSPS) is 19.0. The summed E-state index contributed by atoms with van der Waals surface area (Å²) < 4.78 is 37.7. The summed E-state index contributed by atoms with van der Waals surface area (Å²) in [5.74, 6) is -2.46. The molecule has 1 aliphatic carbocycles. The number of aliphatic carboxylic acids is 1. The van der Waals surface area contributed by atoms with Crippen LogP contribution < -0.4 is 20.5 Å². The molecule has 0 radical (unpaired) electrons. The zero-order valence-corrected chi connectivity index (χ0v) is 24.5. The quantitative estimate of drug-likeness (QED) is 0.295. The Morgan fingerprint density at radius 1 is 0.953 bits per heavy atom. The third kappa shape index (κ3) is 5.87. The van der Waals surface area contributed by atoms with Gasteiger partial charge in [0.15, 0.2) is 21.3 Å². The van der Waals surface area contributed by atoms with Crippen molar-refractivity contribution in [1.82, 2.24) is 4.90 Å². The molecule has 1 saturated carbocycles. The number of carboxylic acid groups (broad SMARTS) is 1. The number of carbonyl (C=O) groups is 3. The van der Waals surface area contributed by atoms with Crippen LogP contribution in [0.5, 0.6) is 11.5 Å². The van der Waals surface area contributed by atoms with Crippen molar-refractivity contribution < 1.29 is 37.4 Å². The van der Waals surface area contributed by atoms with E-state index in [1.807, 2.05) is 0 Å². The van der Waals surface area contributed by atoms with Gasteiger partial charge in [-0.3, -0.25) is 14.4 Å². The van der Waals surface area contributed by atoms with E-state index in [1.165, 1.54) is 31.3 Å². The van der Waals surface area contributed by atoms with Crippen molar-refractivity contribution in [3.8, 4) is 11.5 Å². The molecule has 1 heterocycles. The first-order chi connectivity index (χ1) is 20.6. The Hall–Kier alpha value is -4.58. The lowest BCUT2D eigenvalue weighted by molar-refractivity contribution is -0.143. The summed E-state index contributed by atoms with van der Waals surface area (Å²) in [5.41, 5.74) is 6.89. The van der Waals surface area contributed by atoms with Gasteiger partial charge in [0.2, 0.25) is 11.8 Å². The molecule has 5 rings (SSSR count). The fourth-order valence-electron chi connectivity index (χ4n) is 5.64. The highest BCUT2D eigenvalue weighted by molar-refractivity contribution is 7.92. The van der Waals surface area contributed by atoms with Crippen LogP contribution in [0.15, 0.2) is 71.6 Å². The molecule has 2 fully saturated rings. The maximum absolute atomic E-state index is 14.5. The van der Waals surface area contributed by atoms with Gasteiger partial charge in [-0.15, -0.1) is 0 Å². The van der Waals surface area contributed by atoms with Crippen molar-refractivity contribution in [3.05, 3.63) is 83.4 Å². The third-order valence-electron chi connectivity index (χ3n) is 7.95. The van der Waals surface area contributed by atoms with Gasteiger partial charge in [0.25, 0.3) is 0 Å². The van der Waals surface area contributed by atoms with E-state index in [4.69, 9.17) is 15.2 Å². The van der Waals surface area contributed by atoms with Crippen LogP contribution in [-0.2, 0) is 19.4 Å². The van der Waals surface area contributed by atoms with E-state index in [9.17, 15) is 27.9 Å². The van der Waals surface area contributed by atoms with Gasteiger partial charge >= 0.3 is 5.97 Å². The molecule has 1 aliphatic heterocycles. The monoisotopic (exact) mass is 607 g/mol. The molecular weight excluding hydrogens is 574 g/mol. The Labute approximate surface area is 249 Å². The van der Waals surface area contributed by atoms with Gasteiger partial charge in [0.05, 0.1) is 36.3 Å². The minimum Gasteiger partial charge on any atom is -0.493 e. The molecule has 11 nitrogen and oxygen atoms in total. The number of likely N-dealkylation sites (tertiary alicyclic amines) is 1. The summed E-state index contributed by atoms with van der Waals surface area (Å²) in [6, 6.07) is 15.6. The molecule has 12 heteroatoms. The second kappa shape index (κ2) is 12.0. The average molecular weight is 608 g/mol. The number of hydrogen-bond donors (Lipinski definition) is 3. The van der Waals surface area contributed by atoms with E-state index in [2.05, 4.69) is 5.32 Å². The highest BCUT2D eigenvalue weighted by atomic mass is 32.2. The Morgan fingerprint density at radius 2 is 1.67 bits per heavy atom. The number of sulfone groups is 1. The summed E-state index contributed by atoms with van der Waals surface area (Å²) in [7, 11) is -0.750. The van der Waals surface area contributed by atoms with Crippen molar-refractivity contribution in [2.45, 2.75) is 41.5 Å². The number of rotatable bonds is 11. The molecule has 1 saturated heterocycles. The van der Waals surface area contributed by atoms with Crippen molar-refractivity contribution in [3.63, 3.8) is 0 Å². The Kier molecular flexibility index (Phi) is 8.32. The number of benzene rings is 3. The van der Waals surface area contributed by atoms with Crippen LogP contribution in [0.4, 0.5) is 5.69 Å². The van der Waals surface area contributed by atoms with Gasteiger partial charge in [-0.2, -0.15) is 0 Å². The van der Waals surface area contributed by atoms with Crippen LogP contribution in [0.1, 0.15) is 52.8 Å². The molecule has 4 N–H and O–H groups in total. The fourth-order valence-corrected chi connectivity index (χ4v) is 7.54. The first-order valence-electron chi connectivity index (χ1n) is 13.8. The number of amides is 2. The number of ether oxygens (including phenoxy) is 2. The van der Waals surface area contributed by atoms with Gasteiger partial charge < -0.3 is 30.5 Å². The SMILES string of the molecule is COc1ccc([C@H](Nc2cccc(C(N)=O)c2)C(=O)N2CCC(C(=O)O)C2c2ccccc2S(=O)(=O)C2CC2)cc1OC. The molecular formula is C31H33N3O8S. The minimum atomic E-state index is -3.70. The van der Waals surface area contributed by atoms with Crippen molar-refractivity contribution in [2.75, 3.05) is 26.1 Å². The van der Waals surface area contributed by atoms with Gasteiger partial charge in [-0.05, 0) is 66.8 Å². The van der Waals surface area contributed by atoms with Gasteiger partial charge in [0, 0.05) is 17.8 Å². The van der Waals surface area contributed by atoms with E-state index in [1.54, 1.807) is 54.6 Å². The van der Waals surface area contributed by atoms with Crippen LogP contribution in [-0.4, -0.2) is 62.2 Å². The third-order valence-corrected chi connectivity index (χ3v) is 10.3. The fraction of sp³-hybridized carbons (Fsp3) is 0.323. The van der Waals surface area contributed by atoms with E-state index < -0.39 is 50.9 Å². The second-order valence-corrected chi connectivity index (χ2v) is 12.8. The number of primary amides is 1. The molecule has 0 aromatic heterocycles. The largest absolute Gasteiger partial charge is 0.493 e. The Morgan fingerprint density at radius 3 is 2.33 bits per heavy atom. The molecule has 2 aliphatic rings. The first kappa shape index (κ1) is 29.9. The average Bonchev–Trinajstić information content (AvgIpc) is 3.78. The van der Waals surface area contributed by atoms with Crippen LogP contribution in [0.3, 0.4) is 0 Å². The lowest BCUT2D eigenvalue weighted by atomic mass is 9.93. The summed E-state index contributed by atoms with van der Waals surface area (Å²) >= 11 is 0. The predicted molar refractivity (Wildman–Crippen MR) is 158 cm³/mol. The minimum absolute atomic E-state index is 0.0539. The van der Waals surface area contributed by atoms with E-state index >= 15 is 0 Å². The maximum atomic E-state index is 14.5. The topological polar surface area (TPSA) is 165 Å². The predicted octanol–water partition coefficient (Wildman–Crippen LogP) is 3.57. The molecule has 0 bridgehead atoms. The van der Waals surface area contributed by atoms with E-state index in [0.29, 0.717) is 35.6 Å². The molecule has 0 spiro atoms. The molecule has 3 atom stereocenters. The molecule has 3 aromatic rings. The number of anilines is 1. The van der Waals surface area contributed by atoms with Gasteiger partial charge in [-0.1, -0.05) is 30.3 Å². The smallest absolute Gasteiger partial charge is 0.309 e. The highest BCUT2D eigenvalue weighted by Gasteiger charge is 2.47. The van der Waals surface area contributed by atoms with Crippen molar-refractivity contribution in [1.29, 1.82) is 0 Å². The van der Waals surface area contributed by atoms with E-state index in [-0.39, 0.29) is 29.0 Å². The molecule has 3 aromatic carbocycles. The van der Waals surface area contributed by atoms with Crippen molar-refractivity contribution >= 4 is 33.3 Å². The number of carbonyl (C=O) groups excluding carboxylic acids is 2. The first-order valence-corrected chi connectivity index (χ1v) is 15.4. The summed E-state index contributed by atoms with van der Waals surface area (Å²) in [5, 5.41) is 12.9. The molecule has 2 amide bonds. The Bertz CT molecular complexity index is 1670. The lowest BCUT2D eigenvalue weighted by Crippen LogP contribution is -2.40. The number of hydrogen-bond acceptors (Lipinski definition) is 8. The van der Waals surface area contributed by atoms with Gasteiger partial charge in [-0.25, -0.2) is 8.42 Å². The second-order valence-electron chi connectivity index (χ2n) is 10.6. The highest BCUT2D eigenvalue weighted by Crippen LogP contribution is 2.44. The van der Waals surface area contributed by atoms with Gasteiger partial charge in [0.1, 0.15) is 6.04 Å². The number of nitrogens with zero attached hydrogens (tertiary/aromatic N) is 1. The zero-order valence-electron chi connectivity index (χ0n) is 23.7. The van der Waals surface area contributed by atoms with E-state index in [0.717, 1.165) is 0 Å². The van der Waals surface area contributed by atoms with Crippen molar-refractivity contribution in [2.24, 2.45) is 11.7 Å². The van der Waals surface area contributed by atoms with Crippen LogP contribution in [0.25, 0.3) is 0 Å². The number of methoxy groups -OCH3 is 2. The van der Waals surface area contributed by atoms with Crippen LogP contribution in [0.2, 0.25) is 0 Å². The van der Waals surface area contributed by atoms with Crippen LogP contribution in [0, 0.1) is 5.92 Å². The summed E-state index contributed by atoms with van der Waals surface area (Å²) in [6.45, 7) is 0.0884. The number of carboxylic acids is 1. The molecule has 2 unspecified atom stereocenters. The maximum Gasteiger partial charge on any atom is 0.309 e.